The first-order chi connectivity index (χ1) is 10.2. The number of allylic oxidation sites excluding steroid dienone is 4. The van der Waals surface area contributed by atoms with E-state index in [0.29, 0.717) is 0 Å². The Morgan fingerprint density at radius 1 is 0.619 bits per heavy atom. The molecular weight excluding hydrogens is 268 g/mol. The van der Waals surface area contributed by atoms with Crippen LogP contribution < -0.4 is 0 Å². The summed E-state index contributed by atoms with van der Waals surface area (Å²) in [7, 11) is -1.18. The fourth-order valence-electron chi connectivity index (χ4n) is 6.30. The fourth-order valence-corrected chi connectivity index (χ4v) is 11.1. The molecule has 0 aliphatic heterocycles. The summed E-state index contributed by atoms with van der Waals surface area (Å²) in [6.07, 6.45) is 17.8. The van der Waals surface area contributed by atoms with Crippen LogP contribution in [0.2, 0.25) is 24.2 Å². The van der Waals surface area contributed by atoms with Crippen molar-refractivity contribution in [1.82, 2.24) is 0 Å². The molecule has 0 saturated carbocycles. The Bertz CT molecular complexity index is 494. The van der Waals surface area contributed by atoms with Crippen LogP contribution in [0.4, 0.5) is 0 Å². The molecule has 1 heteroatoms. The van der Waals surface area contributed by atoms with E-state index in [1.807, 2.05) is 22.3 Å². The van der Waals surface area contributed by atoms with Gasteiger partial charge in [-0.3, -0.25) is 0 Å². The normalized spacial score (nSPS) is 33.4. The minimum absolute atomic E-state index is 1.04. The van der Waals surface area contributed by atoms with E-state index in [4.69, 9.17) is 0 Å². The predicted octanol–water partition coefficient (Wildman–Crippen LogP) is 6.76. The van der Waals surface area contributed by atoms with Crippen LogP contribution in [0.25, 0.3) is 0 Å². The van der Waals surface area contributed by atoms with Crippen LogP contribution in [-0.2, 0) is 0 Å². The van der Waals surface area contributed by atoms with Crippen molar-refractivity contribution in [2.24, 2.45) is 0 Å². The summed E-state index contributed by atoms with van der Waals surface area (Å²) < 4.78 is 0. The van der Waals surface area contributed by atoms with Crippen molar-refractivity contribution in [1.29, 1.82) is 0 Å². The molecule has 4 rings (SSSR count). The molecule has 0 nitrogen and oxygen atoms in total. The molecule has 4 aliphatic rings. The van der Waals surface area contributed by atoms with Crippen molar-refractivity contribution < 1.29 is 0 Å². The van der Waals surface area contributed by atoms with E-state index < -0.39 is 8.07 Å². The second kappa shape index (κ2) is 5.40. The van der Waals surface area contributed by atoms with Crippen LogP contribution >= 0.6 is 0 Å². The maximum absolute atomic E-state index is 2.77. The molecule has 0 aromatic rings. The highest BCUT2D eigenvalue weighted by Gasteiger charge is 2.46. The van der Waals surface area contributed by atoms with Gasteiger partial charge in [0.15, 0.2) is 0 Å². The molecule has 4 aliphatic carbocycles. The largest absolute Gasteiger partial charge is 0.0710 e. The second-order valence-electron chi connectivity index (χ2n) is 8.68. The van der Waals surface area contributed by atoms with E-state index in [1.54, 1.807) is 0 Å². The van der Waals surface area contributed by atoms with E-state index >= 15 is 0 Å². The molecule has 21 heavy (non-hydrogen) atoms. The average Bonchev–Trinajstić information content (AvgIpc) is 3.13. The molecule has 0 spiro atoms. The number of hydrogen-bond acceptors (Lipinski definition) is 0. The third-order valence-electron chi connectivity index (χ3n) is 7.35. The van der Waals surface area contributed by atoms with Gasteiger partial charge in [0, 0.05) is 0 Å². The van der Waals surface area contributed by atoms with Gasteiger partial charge >= 0.3 is 0 Å². The smallest absolute Gasteiger partial charge is 0.0619 e. The lowest BCUT2D eigenvalue weighted by Gasteiger charge is -2.43. The summed E-state index contributed by atoms with van der Waals surface area (Å²) in [5, 5.41) is 0. The van der Waals surface area contributed by atoms with Gasteiger partial charge in [0.25, 0.3) is 0 Å². The fraction of sp³-hybridized carbons (Fsp3) is 0.800. The third-order valence-corrected chi connectivity index (χ3v) is 12.2. The maximum Gasteiger partial charge on any atom is 0.0619 e. The lowest BCUT2D eigenvalue weighted by atomic mass is 9.93. The molecule has 116 valence electrons. The molecule has 2 atom stereocenters. The van der Waals surface area contributed by atoms with E-state index in [1.165, 1.54) is 77.0 Å². The third kappa shape index (κ3) is 2.31. The van der Waals surface area contributed by atoms with Gasteiger partial charge < -0.3 is 0 Å². The zero-order valence-corrected chi connectivity index (χ0v) is 15.1. The lowest BCUT2D eigenvalue weighted by molar-refractivity contribution is 0.638. The molecular formula is C20H32Si. The topological polar surface area (TPSA) is 0 Å². The van der Waals surface area contributed by atoms with Gasteiger partial charge in [0.1, 0.15) is 0 Å². The number of rotatable bonds is 2. The summed E-state index contributed by atoms with van der Waals surface area (Å²) in [6, 6.07) is 0. The Hall–Kier alpha value is -0.303. The van der Waals surface area contributed by atoms with Gasteiger partial charge in [-0.2, -0.15) is 0 Å². The number of hydrogen-bond donors (Lipinski definition) is 0. The van der Waals surface area contributed by atoms with Gasteiger partial charge in [0.05, 0.1) is 8.07 Å². The zero-order chi connectivity index (χ0) is 14.4. The van der Waals surface area contributed by atoms with Crippen molar-refractivity contribution in [2.45, 2.75) is 101 Å². The van der Waals surface area contributed by atoms with E-state index in [9.17, 15) is 0 Å². The lowest BCUT2D eigenvalue weighted by Crippen LogP contribution is -2.40. The van der Waals surface area contributed by atoms with Crippen LogP contribution in [0.15, 0.2) is 22.3 Å². The Morgan fingerprint density at radius 2 is 1.19 bits per heavy atom. The summed E-state index contributed by atoms with van der Waals surface area (Å²) in [4.78, 5) is 0. The standard InChI is InChI=1S/C20H32Si/c1-21(2,19-12-6-9-15-8-5-11-18(15)19)20-14-13-16-7-3-4-10-17(16)20/h19-20H,3-14H2,1-2H3/t19-,20+/m1/s1. The molecule has 0 N–H and O–H groups in total. The summed E-state index contributed by atoms with van der Waals surface area (Å²) >= 11 is 0. The van der Waals surface area contributed by atoms with Crippen molar-refractivity contribution in [3.05, 3.63) is 22.3 Å². The van der Waals surface area contributed by atoms with Crippen LogP contribution in [0, 0.1) is 0 Å². The van der Waals surface area contributed by atoms with Crippen LogP contribution in [0.5, 0.6) is 0 Å². The molecule has 0 heterocycles. The SMILES string of the molecule is C[Si](C)([C@@H]1CCCC2=C1CCC2)[C@H]1CCC2=C1CCCC2. The molecule has 0 unspecified atom stereocenters. The van der Waals surface area contributed by atoms with Crippen LogP contribution in [0.1, 0.15) is 77.0 Å². The average molecular weight is 301 g/mol. The Kier molecular flexibility index (Phi) is 3.68. The summed E-state index contributed by atoms with van der Waals surface area (Å²) in [6.45, 7) is 5.53. The van der Waals surface area contributed by atoms with Crippen LogP contribution in [-0.4, -0.2) is 8.07 Å². The van der Waals surface area contributed by atoms with Crippen molar-refractivity contribution in [3.8, 4) is 0 Å². The van der Waals surface area contributed by atoms with Gasteiger partial charge in [-0.15, -0.1) is 0 Å². The quantitative estimate of drug-likeness (QED) is 0.390. The summed E-state index contributed by atoms with van der Waals surface area (Å²) in [5.74, 6) is 0. The minimum Gasteiger partial charge on any atom is -0.0710 e. The van der Waals surface area contributed by atoms with Gasteiger partial charge in [-0.1, -0.05) is 35.4 Å². The minimum atomic E-state index is -1.18. The Balaban J connectivity index is 1.64. The van der Waals surface area contributed by atoms with Crippen molar-refractivity contribution in [2.75, 3.05) is 0 Å². The second-order valence-corrected chi connectivity index (χ2v) is 13.7. The maximum atomic E-state index is 2.77. The van der Waals surface area contributed by atoms with E-state index in [0.717, 1.165) is 11.1 Å². The first-order valence-electron chi connectivity index (χ1n) is 9.59. The van der Waals surface area contributed by atoms with Gasteiger partial charge in [-0.05, 0) is 88.1 Å². The van der Waals surface area contributed by atoms with E-state index in [2.05, 4.69) is 13.1 Å². The monoisotopic (exact) mass is 300 g/mol. The van der Waals surface area contributed by atoms with Crippen molar-refractivity contribution in [3.63, 3.8) is 0 Å². The predicted molar refractivity (Wildman–Crippen MR) is 94.4 cm³/mol. The Morgan fingerprint density at radius 3 is 2.05 bits per heavy atom. The van der Waals surface area contributed by atoms with Gasteiger partial charge in [-0.25, -0.2) is 0 Å². The highest BCUT2D eigenvalue weighted by atomic mass is 28.3. The molecule has 0 aromatic heterocycles. The highest BCUT2D eigenvalue weighted by Crippen LogP contribution is 2.57. The molecule has 0 saturated heterocycles. The molecule has 0 aromatic carbocycles. The first kappa shape index (κ1) is 14.3. The molecule has 0 bridgehead atoms. The van der Waals surface area contributed by atoms with E-state index in [-0.39, 0.29) is 0 Å². The molecule has 0 radical (unpaired) electrons. The first-order valence-corrected chi connectivity index (χ1v) is 12.7. The van der Waals surface area contributed by atoms with Crippen molar-refractivity contribution >= 4 is 8.07 Å². The van der Waals surface area contributed by atoms with Gasteiger partial charge in [0.2, 0.25) is 0 Å². The Labute approximate surface area is 132 Å². The summed E-state index contributed by atoms with van der Waals surface area (Å²) in [5.41, 5.74) is 9.91. The molecule has 0 fully saturated rings. The molecule has 0 amide bonds. The zero-order valence-electron chi connectivity index (χ0n) is 14.1. The van der Waals surface area contributed by atoms with Crippen LogP contribution in [0.3, 0.4) is 0 Å². The highest BCUT2D eigenvalue weighted by molar-refractivity contribution is 6.81.